The van der Waals surface area contributed by atoms with E-state index in [0.29, 0.717) is 12.5 Å². The van der Waals surface area contributed by atoms with Crippen LogP contribution >= 0.6 is 0 Å². The highest BCUT2D eigenvalue weighted by atomic mass is 16.6. The standard InChI is InChI=1S/C19H27N5O3/c1-12(2)21-19(25)27-15-6-5-14(8-15)16-9-18(24-23-16)22-17-7-4-13(10-20-17)11-26-3/h4,7,9-10,12,14-15H,5-6,8,11H2,1-3H3,(H,21,25)(H2,20,22,23,24). The van der Waals surface area contributed by atoms with Crippen LogP contribution in [-0.4, -0.2) is 40.5 Å². The molecule has 0 bridgehead atoms. The lowest BCUT2D eigenvalue weighted by Crippen LogP contribution is -2.33. The quantitative estimate of drug-likeness (QED) is 0.687. The van der Waals surface area contributed by atoms with Crippen LogP contribution in [0.25, 0.3) is 0 Å². The second-order valence-electron chi connectivity index (χ2n) is 7.15. The van der Waals surface area contributed by atoms with Gasteiger partial charge < -0.3 is 20.1 Å². The molecule has 0 spiro atoms. The van der Waals surface area contributed by atoms with Crippen molar-refractivity contribution in [2.45, 2.75) is 57.8 Å². The number of hydrogen-bond acceptors (Lipinski definition) is 6. The number of aromatic nitrogens is 3. The van der Waals surface area contributed by atoms with Gasteiger partial charge in [-0.15, -0.1) is 0 Å². The zero-order valence-corrected chi connectivity index (χ0v) is 16.0. The molecule has 8 heteroatoms. The van der Waals surface area contributed by atoms with E-state index < -0.39 is 0 Å². The Morgan fingerprint density at radius 3 is 2.89 bits per heavy atom. The minimum Gasteiger partial charge on any atom is -0.446 e. The van der Waals surface area contributed by atoms with E-state index in [1.165, 1.54) is 0 Å². The largest absolute Gasteiger partial charge is 0.446 e. The van der Waals surface area contributed by atoms with Crippen LogP contribution in [0.5, 0.6) is 0 Å². The zero-order chi connectivity index (χ0) is 19.2. The van der Waals surface area contributed by atoms with Gasteiger partial charge in [0.15, 0.2) is 5.82 Å². The number of nitrogens with one attached hydrogen (secondary N) is 3. The molecule has 1 amide bonds. The minimum atomic E-state index is -0.342. The number of methoxy groups -OCH3 is 1. The van der Waals surface area contributed by atoms with Crippen LogP contribution in [0.15, 0.2) is 24.4 Å². The molecule has 2 heterocycles. The number of H-pyrrole nitrogens is 1. The Morgan fingerprint density at radius 1 is 1.33 bits per heavy atom. The van der Waals surface area contributed by atoms with E-state index >= 15 is 0 Å². The van der Waals surface area contributed by atoms with Crippen LogP contribution in [0.2, 0.25) is 0 Å². The number of rotatable bonds is 7. The molecule has 2 aromatic rings. The fourth-order valence-electron chi connectivity index (χ4n) is 3.24. The molecule has 2 unspecified atom stereocenters. The zero-order valence-electron chi connectivity index (χ0n) is 16.0. The van der Waals surface area contributed by atoms with Crippen LogP contribution < -0.4 is 10.6 Å². The van der Waals surface area contributed by atoms with Crippen molar-refractivity contribution in [3.63, 3.8) is 0 Å². The molecule has 0 aliphatic heterocycles. The van der Waals surface area contributed by atoms with Gasteiger partial charge in [0.1, 0.15) is 11.9 Å². The molecule has 2 aromatic heterocycles. The fraction of sp³-hybridized carbons (Fsp3) is 0.526. The molecule has 1 fully saturated rings. The summed E-state index contributed by atoms with van der Waals surface area (Å²) in [5.74, 6) is 1.76. The molecule has 1 aliphatic carbocycles. The number of carbonyl (C=O) groups is 1. The fourth-order valence-corrected chi connectivity index (χ4v) is 3.24. The average Bonchev–Trinajstić information content (AvgIpc) is 3.25. The second-order valence-corrected chi connectivity index (χ2v) is 7.15. The number of anilines is 2. The number of nitrogens with zero attached hydrogens (tertiary/aromatic N) is 2. The third-order valence-corrected chi connectivity index (χ3v) is 4.49. The SMILES string of the molecule is COCc1ccc(Nc2cc(C3CCC(OC(=O)NC(C)C)C3)[nH]n2)nc1. The topological polar surface area (TPSA) is 101 Å². The molecule has 2 atom stereocenters. The molecule has 3 rings (SSSR count). The summed E-state index contributed by atoms with van der Waals surface area (Å²) in [6.45, 7) is 4.37. The first-order valence-electron chi connectivity index (χ1n) is 9.27. The maximum absolute atomic E-state index is 11.7. The number of amides is 1. The molecule has 1 saturated carbocycles. The lowest BCUT2D eigenvalue weighted by molar-refractivity contribution is 0.0981. The van der Waals surface area contributed by atoms with E-state index in [-0.39, 0.29) is 18.2 Å². The van der Waals surface area contributed by atoms with E-state index in [2.05, 4.69) is 25.8 Å². The van der Waals surface area contributed by atoms with Gasteiger partial charge in [-0.2, -0.15) is 5.10 Å². The molecular weight excluding hydrogens is 346 g/mol. The average molecular weight is 373 g/mol. The van der Waals surface area contributed by atoms with Gasteiger partial charge in [-0.25, -0.2) is 9.78 Å². The van der Waals surface area contributed by atoms with Gasteiger partial charge in [-0.3, -0.25) is 5.10 Å². The van der Waals surface area contributed by atoms with Crippen LogP contribution in [-0.2, 0) is 16.1 Å². The Bertz CT molecular complexity index is 744. The second kappa shape index (κ2) is 8.85. The Hall–Kier alpha value is -2.61. The highest BCUT2D eigenvalue weighted by Gasteiger charge is 2.30. The van der Waals surface area contributed by atoms with Gasteiger partial charge in [0.05, 0.1) is 6.61 Å². The van der Waals surface area contributed by atoms with E-state index in [4.69, 9.17) is 9.47 Å². The first kappa shape index (κ1) is 19.2. The molecule has 146 valence electrons. The molecular formula is C19H27N5O3. The number of aromatic amines is 1. The van der Waals surface area contributed by atoms with Gasteiger partial charge in [-0.1, -0.05) is 6.07 Å². The van der Waals surface area contributed by atoms with Crippen molar-refractivity contribution in [2.24, 2.45) is 0 Å². The lowest BCUT2D eigenvalue weighted by Gasteiger charge is -2.14. The van der Waals surface area contributed by atoms with Gasteiger partial charge >= 0.3 is 6.09 Å². The molecule has 27 heavy (non-hydrogen) atoms. The van der Waals surface area contributed by atoms with Gasteiger partial charge in [0.25, 0.3) is 0 Å². The number of hydrogen-bond donors (Lipinski definition) is 3. The van der Waals surface area contributed by atoms with Crippen molar-refractivity contribution >= 4 is 17.7 Å². The number of ether oxygens (including phenoxy) is 2. The van der Waals surface area contributed by atoms with E-state index in [9.17, 15) is 4.79 Å². The molecule has 0 radical (unpaired) electrons. The predicted octanol–water partition coefficient (Wildman–Crippen LogP) is 3.47. The van der Waals surface area contributed by atoms with Crippen molar-refractivity contribution in [1.82, 2.24) is 20.5 Å². The molecule has 1 aliphatic rings. The summed E-state index contributed by atoms with van der Waals surface area (Å²) >= 11 is 0. The smallest absolute Gasteiger partial charge is 0.407 e. The van der Waals surface area contributed by atoms with Crippen LogP contribution in [0.3, 0.4) is 0 Å². The van der Waals surface area contributed by atoms with Crippen molar-refractivity contribution < 1.29 is 14.3 Å². The minimum absolute atomic E-state index is 0.0524. The normalized spacial score (nSPS) is 19.3. The molecule has 0 aromatic carbocycles. The van der Waals surface area contributed by atoms with E-state index in [1.807, 2.05) is 32.0 Å². The molecule has 3 N–H and O–H groups in total. The predicted molar refractivity (Wildman–Crippen MR) is 102 cm³/mol. The Kier molecular flexibility index (Phi) is 6.28. The summed E-state index contributed by atoms with van der Waals surface area (Å²) in [4.78, 5) is 16.1. The Balaban J connectivity index is 1.52. The van der Waals surface area contributed by atoms with Crippen LogP contribution in [0.1, 0.15) is 50.3 Å². The maximum Gasteiger partial charge on any atom is 0.407 e. The number of pyridine rings is 1. The summed E-state index contributed by atoms with van der Waals surface area (Å²) in [6, 6.07) is 5.93. The third kappa shape index (κ3) is 5.43. The van der Waals surface area contributed by atoms with Gasteiger partial charge in [0.2, 0.25) is 0 Å². The van der Waals surface area contributed by atoms with E-state index in [0.717, 1.165) is 42.2 Å². The maximum atomic E-state index is 11.7. The summed E-state index contributed by atoms with van der Waals surface area (Å²) in [5, 5.41) is 13.4. The Morgan fingerprint density at radius 2 is 2.19 bits per heavy atom. The lowest BCUT2D eigenvalue weighted by atomic mass is 10.0. The Labute approximate surface area is 159 Å². The van der Waals surface area contributed by atoms with Gasteiger partial charge in [0, 0.05) is 37.0 Å². The highest BCUT2D eigenvalue weighted by molar-refractivity contribution is 5.67. The number of carbonyl (C=O) groups excluding carboxylic acids is 1. The van der Waals surface area contributed by atoms with Crippen molar-refractivity contribution in [3.05, 3.63) is 35.7 Å². The van der Waals surface area contributed by atoms with Crippen LogP contribution in [0, 0.1) is 0 Å². The van der Waals surface area contributed by atoms with Gasteiger partial charge in [-0.05, 0) is 44.7 Å². The monoisotopic (exact) mass is 373 g/mol. The molecule has 0 saturated heterocycles. The third-order valence-electron chi connectivity index (χ3n) is 4.49. The van der Waals surface area contributed by atoms with Crippen LogP contribution in [0.4, 0.5) is 16.4 Å². The summed E-state index contributed by atoms with van der Waals surface area (Å²) in [6.07, 6.45) is 4.01. The highest BCUT2D eigenvalue weighted by Crippen LogP contribution is 2.36. The summed E-state index contributed by atoms with van der Waals surface area (Å²) in [5.41, 5.74) is 2.06. The van der Waals surface area contributed by atoms with Crippen molar-refractivity contribution in [2.75, 3.05) is 12.4 Å². The first-order valence-corrected chi connectivity index (χ1v) is 9.27. The van der Waals surface area contributed by atoms with E-state index in [1.54, 1.807) is 13.3 Å². The number of alkyl carbamates (subject to hydrolysis) is 1. The van der Waals surface area contributed by atoms with Crippen molar-refractivity contribution in [3.8, 4) is 0 Å². The molecule has 8 nitrogen and oxygen atoms in total. The van der Waals surface area contributed by atoms with Crippen molar-refractivity contribution in [1.29, 1.82) is 0 Å². The summed E-state index contributed by atoms with van der Waals surface area (Å²) < 4.78 is 10.6. The summed E-state index contributed by atoms with van der Waals surface area (Å²) in [7, 11) is 1.66. The first-order chi connectivity index (χ1) is 13.0.